The van der Waals surface area contributed by atoms with Crippen LogP contribution in [0.25, 0.3) is 10.2 Å². The van der Waals surface area contributed by atoms with Gasteiger partial charge < -0.3 is 15.0 Å². The summed E-state index contributed by atoms with van der Waals surface area (Å²) < 4.78 is 1.80. The molecule has 1 aromatic carbocycles. The number of aromatic nitrogens is 1. The number of rotatable bonds is 2. The first-order valence-corrected chi connectivity index (χ1v) is 7.51. The number of hydrogen-bond donors (Lipinski definition) is 2. The van der Waals surface area contributed by atoms with Crippen LogP contribution in [0.1, 0.15) is 15.9 Å². The number of thiophene rings is 1. The third kappa shape index (κ3) is 2.45. The summed E-state index contributed by atoms with van der Waals surface area (Å²) in [6.07, 6.45) is 0. The molecule has 0 radical (unpaired) electrons. The number of anilines is 1. The average Bonchev–Trinajstić information content (AvgIpc) is 3.03. The van der Waals surface area contributed by atoms with Crippen LogP contribution in [0, 0.1) is 11.3 Å². The summed E-state index contributed by atoms with van der Waals surface area (Å²) in [4.78, 5) is 24.8. The van der Waals surface area contributed by atoms with Gasteiger partial charge in [0.2, 0.25) is 0 Å². The van der Waals surface area contributed by atoms with Gasteiger partial charge >= 0.3 is 0 Å². The summed E-state index contributed by atoms with van der Waals surface area (Å²) in [7, 11) is 1.55. The molecule has 1 amide bonds. The number of nitrogens with one attached hydrogen (secondary N) is 1. The molecule has 2 N–H and O–H groups in total. The number of aromatic hydroxyl groups is 1. The smallest absolute Gasteiger partial charge is 0.267 e. The molecule has 2 heterocycles. The summed E-state index contributed by atoms with van der Waals surface area (Å²) in [6, 6.07) is 9.99. The highest BCUT2D eigenvalue weighted by Crippen LogP contribution is 2.31. The number of aryl methyl sites for hydroxylation is 1. The van der Waals surface area contributed by atoms with Crippen molar-refractivity contribution in [3.63, 3.8) is 0 Å². The molecule has 3 aromatic rings. The fraction of sp³-hybridized carbons (Fsp3) is 0.0625. The molecule has 0 aliphatic rings. The van der Waals surface area contributed by atoms with Crippen molar-refractivity contribution in [2.24, 2.45) is 7.05 Å². The minimum absolute atomic E-state index is 0.315. The molecule has 0 spiro atoms. The van der Waals surface area contributed by atoms with Crippen LogP contribution in [-0.4, -0.2) is 15.6 Å². The van der Waals surface area contributed by atoms with Crippen molar-refractivity contribution in [2.75, 3.05) is 5.32 Å². The highest BCUT2D eigenvalue weighted by Gasteiger charge is 2.22. The molecule has 7 heteroatoms. The van der Waals surface area contributed by atoms with Crippen molar-refractivity contribution >= 4 is 33.1 Å². The van der Waals surface area contributed by atoms with Crippen molar-refractivity contribution in [3.05, 3.63) is 57.2 Å². The van der Waals surface area contributed by atoms with E-state index in [1.807, 2.05) is 6.07 Å². The quantitative estimate of drug-likeness (QED) is 0.756. The van der Waals surface area contributed by atoms with Crippen molar-refractivity contribution < 1.29 is 9.90 Å². The van der Waals surface area contributed by atoms with Crippen LogP contribution in [0.2, 0.25) is 0 Å². The Morgan fingerprint density at radius 3 is 2.91 bits per heavy atom. The van der Waals surface area contributed by atoms with Crippen LogP contribution < -0.4 is 10.9 Å². The molecule has 3 rings (SSSR count). The summed E-state index contributed by atoms with van der Waals surface area (Å²) in [5.74, 6) is -1.04. The summed E-state index contributed by atoms with van der Waals surface area (Å²) in [5.41, 5.74) is 0.433. The lowest BCUT2D eigenvalue weighted by Crippen LogP contribution is -2.27. The number of fused-ring (bicyclic) bond motifs is 1. The molecular weight excluding hydrogens is 314 g/mol. The molecule has 0 saturated carbocycles. The molecule has 0 fully saturated rings. The van der Waals surface area contributed by atoms with Gasteiger partial charge in [-0.1, -0.05) is 6.07 Å². The Hall–Kier alpha value is -3.11. The molecule has 0 aliphatic carbocycles. The number of amides is 1. The average molecular weight is 325 g/mol. The van der Waals surface area contributed by atoms with E-state index in [4.69, 9.17) is 5.26 Å². The predicted molar refractivity (Wildman–Crippen MR) is 87.8 cm³/mol. The van der Waals surface area contributed by atoms with Gasteiger partial charge in [-0.15, -0.1) is 11.3 Å². The van der Waals surface area contributed by atoms with Crippen molar-refractivity contribution in [1.29, 1.82) is 5.26 Å². The third-order valence-corrected chi connectivity index (χ3v) is 4.36. The lowest BCUT2D eigenvalue weighted by Gasteiger charge is -2.09. The van der Waals surface area contributed by atoms with E-state index in [0.717, 1.165) is 0 Å². The Morgan fingerprint density at radius 2 is 2.17 bits per heavy atom. The first-order chi connectivity index (χ1) is 11.0. The normalized spacial score (nSPS) is 10.4. The minimum Gasteiger partial charge on any atom is -0.505 e. The SMILES string of the molecule is Cn1c(=O)c(C(=O)Nc2cccc(C#N)c2)c(O)c2sccc21. The first kappa shape index (κ1) is 14.8. The van der Waals surface area contributed by atoms with Gasteiger partial charge in [-0.05, 0) is 29.6 Å². The maximum Gasteiger partial charge on any atom is 0.267 e. The van der Waals surface area contributed by atoms with Crippen LogP contribution in [0.4, 0.5) is 5.69 Å². The van der Waals surface area contributed by atoms with E-state index in [2.05, 4.69) is 5.32 Å². The van der Waals surface area contributed by atoms with Crippen molar-refractivity contribution in [2.45, 2.75) is 0 Å². The predicted octanol–water partition coefficient (Wildman–Crippen LogP) is 2.43. The van der Waals surface area contributed by atoms with E-state index in [1.165, 1.54) is 22.0 Å². The van der Waals surface area contributed by atoms with Gasteiger partial charge in [0.15, 0.2) is 5.75 Å². The van der Waals surface area contributed by atoms with E-state index in [9.17, 15) is 14.7 Å². The fourth-order valence-corrected chi connectivity index (χ4v) is 3.17. The highest BCUT2D eigenvalue weighted by molar-refractivity contribution is 7.17. The fourth-order valence-electron chi connectivity index (χ4n) is 2.30. The van der Waals surface area contributed by atoms with Crippen molar-refractivity contribution in [1.82, 2.24) is 4.57 Å². The number of carbonyl (C=O) groups excluding carboxylic acids is 1. The van der Waals surface area contributed by atoms with Crippen molar-refractivity contribution in [3.8, 4) is 11.8 Å². The van der Waals surface area contributed by atoms with Gasteiger partial charge in [0.25, 0.3) is 11.5 Å². The minimum atomic E-state index is -0.714. The van der Waals surface area contributed by atoms with E-state index in [-0.39, 0.29) is 11.3 Å². The van der Waals surface area contributed by atoms with E-state index in [1.54, 1.807) is 36.7 Å². The molecular formula is C16H11N3O3S. The number of pyridine rings is 1. The third-order valence-electron chi connectivity index (χ3n) is 3.45. The molecule has 0 saturated heterocycles. The monoisotopic (exact) mass is 325 g/mol. The number of nitrogens with zero attached hydrogens (tertiary/aromatic N) is 2. The van der Waals surface area contributed by atoms with E-state index in [0.29, 0.717) is 21.5 Å². The van der Waals surface area contributed by atoms with Crippen LogP contribution >= 0.6 is 11.3 Å². The zero-order chi connectivity index (χ0) is 16.6. The van der Waals surface area contributed by atoms with E-state index < -0.39 is 11.5 Å². The lowest BCUT2D eigenvalue weighted by molar-refractivity contribution is 0.102. The second-order valence-corrected chi connectivity index (χ2v) is 5.79. The first-order valence-electron chi connectivity index (χ1n) is 6.63. The Kier molecular flexibility index (Phi) is 3.60. The molecule has 0 atom stereocenters. The van der Waals surface area contributed by atoms with Crippen LogP contribution in [0.5, 0.6) is 5.75 Å². The maximum atomic E-state index is 12.4. The molecule has 2 aromatic heterocycles. The number of carbonyl (C=O) groups is 1. The van der Waals surface area contributed by atoms with Crippen LogP contribution in [-0.2, 0) is 7.05 Å². The van der Waals surface area contributed by atoms with Crippen LogP contribution in [0.3, 0.4) is 0 Å². The summed E-state index contributed by atoms with van der Waals surface area (Å²) in [6.45, 7) is 0. The van der Waals surface area contributed by atoms with Gasteiger partial charge in [0, 0.05) is 12.7 Å². The van der Waals surface area contributed by atoms with Gasteiger partial charge in [-0.2, -0.15) is 5.26 Å². The zero-order valence-corrected chi connectivity index (χ0v) is 12.8. The molecule has 0 unspecified atom stereocenters. The van der Waals surface area contributed by atoms with Gasteiger partial charge in [-0.3, -0.25) is 9.59 Å². The lowest BCUT2D eigenvalue weighted by atomic mass is 10.2. The zero-order valence-electron chi connectivity index (χ0n) is 12.0. The Morgan fingerprint density at radius 1 is 1.39 bits per heavy atom. The molecule has 23 heavy (non-hydrogen) atoms. The van der Waals surface area contributed by atoms with Gasteiger partial charge in [0.1, 0.15) is 5.56 Å². The molecule has 114 valence electrons. The summed E-state index contributed by atoms with van der Waals surface area (Å²) in [5, 5.41) is 23.4. The number of benzene rings is 1. The van der Waals surface area contributed by atoms with Crippen LogP contribution in [0.15, 0.2) is 40.5 Å². The molecule has 0 bridgehead atoms. The Balaban J connectivity index is 2.08. The standard InChI is InChI=1S/C16H11N3O3S/c1-19-11-5-6-23-14(11)13(20)12(16(19)22)15(21)18-10-4-2-3-9(7-10)8-17/h2-7,20H,1H3,(H,18,21). The summed E-state index contributed by atoms with van der Waals surface area (Å²) >= 11 is 1.25. The van der Waals surface area contributed by atoms with E-state index >= 15 is 0 Å². The second kappa shape index (κ2) is 5.59. The Bertz CT molecular complexity index is 1030. The highest BCUT2D eigenvalue weighted by atomic mass is 32.1. The Labute approximate surface area is 134 Å². The largest absolute Gasteiger partial charge is 0.505 e. The second-order valence-electron chi connectivity index (χ2n) is 4.87. The topological polar surface area (TPSA) is 95.1 Å². The molecule has 6 nitrogen and oxygen atoms in total. The number of nitriles is 1. The molecule has 0 aliphatic heterocycles. The van der Waals surface area contributed by atoms with Gasteiger partial charge in [0.05, 0.1) is 21.8 Å². The van der Waals surface area contributed by atoms with Gasteiger partial charge in [-0.25, -0.2) is 0 Å². The number of hydrogen-bond acceptors (Lipinski definition) is 5. The maximum absolute atomic E-state index is 12.4.